The molecule has 1 rings (SSSR count). The average Bonchev–Trinajstić information content (AvgIpc) is 2.23. The number of nitro groups is 1. The van der Waals surface area contributed by atoms with Crippen LogP contribution in [0.4, 0.5) is 30.2 Å². The first-order chi connectivity index (χ1) is 8.63. The lowest BCUT2D eigenvalue weighted by atomic mass is 10.2. The molecule has 1 aromatic carbocycles. The summed E-state index contributed by atoms with van der Waals surface area (Å²) in [5.41, 5.74) is 4.69. The molecule has 0 aliphatic heterocycles. The van der Waals surface area contributed by atoms with Crippen molar-refractivity contribution >= 4 is 17.1 Å². The number of para-hydroxylation sites is 1. The molecule has 5 nitrogen and oxygen atoms in total. The highest BCUT2D eigenvalue weighted by Gasteiger charge is 2.35. The Morgan fingerprint density at radius 1 is 1.42 bits per heavy atom. The van der Waals surface area contributed by atoms with Crippen LogP contribution >= 0.6 is 0 Å². The summed E-state index contributed by atoms with van der Waals surface area (Å²) >= 11 is 0. The van der Waals surface area contributed by atoms with Gasteiger partial charge in [-0.15, -0.1) is 0 Å². The summed E-state index contributed by atoms with van der Waals surface area (Å²) in [6, 6.07) is 3.39. The Labute approximate surface area is 108 Å². The molecule has 0 radical (unpaired) electrons. The molecule has 0 aliphatic rings. The van der Waals surface area contributed by atoms with E-state index >= 15 is 0 Å². The molecule has 106 valence electrons. The SMILES string of the molecule is CC(C)N(CC(F)(F)F)c1cccc(N)c1[N+](=O)[O-]. The van der Waals surface area contributed by atoms with Gasteiger partial charge in [0.05, 0.1) is 4.92 Å². The predicted molar refractivity (Wildman–Crippen MR) is 66.0 cm³/mol. The smallest absolute Gasteiger partial charge is 0.393 e. The topological polar surface area (TPSA) is 72.4 Å². The van der Waals surface area contributed by atoms with E-state index in [2.05, 4.69) is 0 Å². The molecule has 0 saturated heterocycles. The maximum absolute atomic E-state index is 12.5. The molecule has 0 heterocycles. The van der Waals surface area contributed by atoms with Gasteiger partial charge < -0.3 is 10.6 Å². The average molecular weight is 277 g/mol. The molecular formula is C11H14F3N3O2. The molecule has 0 spiro atoms. The van der Waals surface area contributed by atoms with E-state index in [-0.39, 0.29) is 11.4 Å². The van der Waals surface area contributed by atoms with Crippen molar-refractivity contribution in [3.05, 3.63) is 28.3 Å². The second-order valence-electron chi connectivity index (χ2n) is 4.31. The van der Waals surface area contributed by atoms with Crippen molar-refractivity contribution in [2.75, 3.05) is 17.2 Å². The van der Waals surface area contributed by atoms with Crippen LogP contribution in [0.25, 0.3) is 0 Å². The van der Waals surface area contributed by atoms with Crippen molar-refractivity contribution in [2.45, 2.75) is 26.1 Å². The van der Waals surface area contributed by atoms with E-state index in [4.69, 9.17) is 5.73 Å². The Morgan fingerprint density at radius 3 is 2.42 bits per heavy atom. The first-order valence-corrected chi connectivity index (χ1v) is 5.49. The number of alkyl halides is 3. The molecule has 0 aromatic heterocycles. The van der Waals surface area contributed by atoms with Gasteiger partial charge in [0.25, 0.3) is 0 Å². The van der Waals surface area contributed by atoms with Gasteiger partial charge in [-0.2, -0.15) is 13.2 Å². The minimum absolute atomic E-state index is 0.127. The number of rotatable bonds is 4. The summed E-state index contributed by atoms with van der Waals surface area (Å²) in [6.07, 6.45) is -4.46. The van der Waals surface area contributed by atoms with Crippen LogP contribution in [0.1, 0.15) is 13.8 Å². The zero-order chi connectivity index (χ0) is 14.8. The first kappa shape index (κ1) is 15.1. The molecular weight excluding hydrogens is 263 g/mol. The van der Waals surface area contributed by atoms with Crippen molar-refractivity contribution < 1.29 is 18.1 Å². The number of halogens is 3. The minimum Gasteiger partial charge on any atom is -0.393 e. The van der Waals surface area contributed by atoms with Gasteiger partial charge >= 0.3 is 11.9 Å². The Balaban J connectivity index is 3.31. The second-order valence-corrected chi connectivity index (χ2v) is 4.31. The van der Waals surface area contributed by atoms with Gasteiger partial charge in [-0.05, 0) is 26.0 Å². The van der Waals surface area contributed by atoms with Crippen LogP contribution in [0, 0.1) is 10.1 Å². The fraction of sp³-hybridized carbons (Fsp3) is 0.455. The number of anilines is 2. The number of hydrogen-bond acceptors (Lipinski definition) is 4. The highest BCUT2D eigenvalue weighted by Crippen LogP contribution is 2.36. The maximum atomic E-state index is 12.5. The Hall–Kier alpha value is -1.99. The molecule has 8 heteroatoms. The highest BCUT2D eigenvalue weighted by molar-refractivity contribution is 5.75. The fourth-order valence-corrected chi connectivity index (χ4v) is 1.72. The molecule has 0 unspecified atom stereocenters. The van der Waals surface area contributed by atoms with E-state index < -0.39 is 29.4 Å². The van der Waals surface area contributed by atoms with Gasteiger partial charge in [0.1, 0.15) is 17.9 Å². The Bertz CT molecular complexity index is 475. The molecule has 0 atom stereocenters. The summed E-state index contributed by atoms with van der Waals surface area (Å²) in [5.74, 6) is 0. The van der Waals surface area contributed by atoms with E-state index in [1.165, 1.54) is 32.0 Å². The summed E-state index contributed by atoms with van der Waals surface area (Å²) < 4.78 is 37.6. The summed E-state index contributed by atoms with van der Waals surface area (Å²) in [7, 11) is 0. The zero-order valence-corrected chi connectivity index (χ0v) is 10.4. The van der Waals surface area contributed by atoms with E-state index in [0.29, 0.717) is 0 Å². The Morgan fingerprint density at radius 2 is 2.00 bits per heavy atom. The third-order valence-electron chi connectivity index (χ3n) is 2.51. The fourth-order valence-electron chi connectivity index (χ4n) is 1.72. The minimum atomic E-state index is -4.46. The van der Waals surface area contributed by atoms with Crippen LogP contribution in [0.3, 0.4) is 0 Å². The molecule has 0 fully saturated rings. The van der Waals surface area contributed by atoms with Crippen molar-refractivity contribution in [3.8, 4) is 0 Å². The number of nitrogens with two attached hydrogens (primary N) is 1. The van der Waals surface area contributed by atoms with E-state index in [1.807, 2.05) is 0 Å². The maximum Gasteiger partial charge on any atom is 0.405 e. The lowest BCUT2D eigenvalue weighted by Gasteiger charge is -2.29. The lowest BCUT2D eigenvalue weighted by Crippen LogP contribution is -2.39. The third kappa shape index (κ3) is 3.73. The van der Waals surface area contributed by atoms with Crippen molar-refractivity contribution in [3.63, 3.8) is 0 Å². The van der Waals surface area contributed by atoms with Crippen LogP contribution in [0.2, 0.25) is 0 Å². The monoisotopic (exact) mass is 277 g/mol. The normalized spacial score (nSPS) is 11.7. The van der Waals surface area contributed by atoms with Gasteiger partial charge in [0, 0.05) is 6.04 Å². The van der Waals surface area contributed by atoms with Crippen LogP contribution in [0.15, 0.2) is 18.2 Å². The number of nitrogens with zero attached hydrogens (tertiary/aromatic N) is 2. The van der Waals surface area contributed by atoms with Crippen molar-refractivity contribution in [2.24, 2.45) is 0 Å². The zero-order valence-electron chi connectivity index (χ0n) is 10.4. The van der Waals surface area contributed by atoms with Crippen LogP contribution in [-0.4, -0.2) is 23.7 Å². The van der Waals surface area contributed by atoms with E-state index in [1.54, 1.807) is 0 Å². The molecule has 2 N–H and O–H groups in total. The number of benzene rings is 1. The van der Waals surface area contributed by atoms with Gasteiger partial charge in [-0.25, -0.2) is 0 Å². The number of nitrogen functional groups attached to an aromatic ring is 1. The predicted octanol–water partition coefficient (Wildman–Crippen LogP) is 2.95. The second kappa shape index (κ2) is 5.33. The highest BCUT2D eigenvalue weighted by atomic mass is 19.4. The van der Waals surface area contributed by atoms with E-state index in [0.717, 1.165) is 4.90 Å². The third-order valence-corrected chi connectivity index (χ3v) is 2.51. The summed E-state index contributed by atoms with van der Waals surface area (Å²) in [5, 5.41) is 11.0. The molecule has 1 aromatic rings. The molecule has 0 aliphatic carbocycles. The largest absolute Gasteiger partial charge is 0.405 e. The van der Waals surface area contributed by atoms with Crippen LogP contribution < -0.4 is 10.6 Å². The first-order valence-electron chi connectivity index (χ1n) is 5.49. The standard InChI is InChI=1S/C11H14F3N3O2/c1-7(2)16(6-11(12,13)14)9-5-3-4-8(15)10(9)17(18)19/h3-5,7H,6,15H2,1-2H3. The Kier molecular flexibility index (Phi) is 4.23. The van der Waals surface area contributed by atoms with Crippen LogP contribution in [0.5, 0.6) is 0 Å². The summed E-state index contributed by atoms with van der Waals surface area (Å²) in [4.78, 5) is 11.1. The lowest BCUT2D eigenvalue weighted by molar-refractivity contribution is -0.383. The van der Waals surface area contributed by atoms with Crippen molar-refractivity contribution in [1.29, 1.82) is 0 Å². The van der Waals surface area contributed by atoms with Gasteiger partial charge in [0.2, 0.25) is 0 Å². The summed E-state index contributed by atoms with van der Waals surface area (Å²) in [6.45, 7) is 1.78. The van der Waals surface area contributed by atoms with E-state index in [9.17, 15) is 23.3 Å². The molecule has 0 amide bonds. The number of nitro benzene ring substituents is 1. The molecule has 19 heavy (non-hydrogen) atoms. The van der Waals surface area contributed by atoms with Gasteiger partial charge in [-0.3, -0.25) is 10.1 Å². The van der Waals surface area contributed by atoms with Gasteiger partial charge in [-0.1, -0.05) is 6.07 Å². The van der Waals surface area contributed by atoms with Gasteiger partial charge in [0.15, 0.2) is 0 Å². The molecule has 0 saturated carbocycles. The number of hydrogen-bond donors (Lipinski definition) is 1. The quantitative estimate of drug-likeness (QED) is 0.521. The van der Waals surface area contributed by atoms with Crippen molar-refractivity contribution in [1.82, 2.24) is 0 Å². The molecule has 0 bridgehead atoms. The van der Waals surface area contributed by atoms with Crippen LogP contribution in [-0.2, 0) is 0 Å².